The molecule has 17 heteroatoms. The van der Waals surface area contributed by atoms with E-state index in [0.29, 0.717) is 93.8 Å². The van der Waals surface area contributed by atoms with Crippen molar-refractivity contribution in [3.05, 3.63) is 143 Å². The Kier molecular flexibility index (Phi) is 15.4. The second-order valence-corrected chi connectivity index (χ2v) is 22.7. The average Bonchev–Trinajstić information content (AvgIpc) is 4.25. The second-order valence-electron chi connectivity index (χ2n) is 22.7. The van der Waals surface area contributed by atoms with Crippen LogP contribution in [0.4, 0.5) is 4.39 Å². The maximum Gasteiger partial charge on any atom is 0.272 e. The lowest BCUT2D eigenvalue weighted by molar-refractivity contribution is 0.0395. The molecule has 408 valence electrons. The molecular formula is C60H74FN9O7. The molecule has 3 amide bonds. The van der Waals surface area contributed by atoms with Gasteiger partial charge in [0.05, 0.1) is 25.2 Å². The largest absolute Gasteiger partial charge is 0.487 e. The van der Waals surface area contributed by atoms with Gasteiger partial charge in [0, 0.05) is 37.8 Å². The maximum absolute atomic E-state index is 14.0. The number of amides is 3. The van der Waals surface area contributed by atoms with Crippen molar-refractivity contribution in [2.24, 2.45) is 11.3 Å². The fourth-order valence-electron chi connectivity index (χ4n) is 12.4. The zero-order valence-corrected chi connectivity index (χ0v) is 43.9. The number of nitrogens with zero attached hydrogens (tertiary/aromatic N) is 9. The maximum atomic E-state index is 14.0. The Morgan fingerprint density at radius 3 is 1.26 bits per heavy atom. The van der Waals surface area contributed by atoms with Gasteiger partial charge in [0.1, 0.15) is 76.9 Å². The number of fused-ring (bicyclic) bond motifs is 4. The van der Waals surface area contributed by atoms with Crippen molar-refractivity contribution in [3.63, 3.8) is 0 Å². The second kappa shape index (κ2) is 22.2. The van der Waals surface area contributed by atoms with Gasteiger partial charge in [0.2, 0.25) is 0 Å². The lowest BCUT2D eigenvalue weighted by atomic mass is 9.84. The summed E-state index contributed by atoms with van der Waals surface area (Å²) in [5.41, 5.74) is 3.03. The molecule has 0 saturated heterocycles. The van der Waals surface area contributed by atoms with Crippen molar-refractivity contribution >= 4 is 17.7 Å². The Balaban J connectivity index is 0.000000130. The van der Waals surface area contributed by atoms with Crippen LogP contribution in [-0.2, 0) is 39.5 Å². The fraction of sp³-hybridized carbons (Fsp3) is 0.500. The summed E-state index contributed by atoms with van der Waals surface area (Å²) in [6.07, 6.45) is 8.47. The summed E-state index contributed by atoms with van der Waals surface area (Å²) in [4.78, 5) is 44.6. The van der Waals surface area contributed by atoms with E-state index >= 15 is 0 Å². The fourth-order valence-corrected chi connectivity index (χ4v) is 12.4. The molecule has 4 fully saturated rings. The van der Waals surface area contributed by atoms with Crippen LogP contribution in [0, 0.1) is 11.3 Å². The first-order valence-corrected chi connectivity index (χ1v) is 27.2. The van der Waals surface area contributed by atoms with Crippen LogP contribution in [-0.4, -0.2) is 116 Å². The van der Waals surface area contributed by atoms with Crippen molar-refractivity contribution in [3.8, 4) is 17.2 Å². The van der Waals surface area contributed by atoms with Crippen LogP contribution in [0.2, 0.25) is 0 Å². The van der Waals surface area contributed by atoms with Crippen LogP contribution in [0.3, 0.4) is 0 Å². The summed E-state index contributed by atoms with van der Waals surface area (Å²) in [5.74, 6) is 3.37. The molecule has 7 aliphatic rings. The van der Waals surface area contributed by atoms with Gasteiger partial charge in [-0.05, 0) is 144 Å². The van der Waals surface area contributed by atoms with Gasteiger partial charge in [0.25, 0.3) is 17.7 Å². The molecule has 1 N–H and O–H groups in total. The number of aromatic nitrogens is 6. The molecule has 13 rings (SSSR count). The van der Waals surface area contributed by atoms with E-state index in [1.165, 1.54) is 19.3 Å². The van der Waals surface area contributed by atoms with Gasteiger partial charge in [-0.3, -0.25) is 28.4 Å². The first-order valence-electron chi connectivity index (χ1n) is 27.2. The third kappa shape index (κ3) is 12.1. The number of para-hydroxylation sites is 3. The highest BCUT2D eigenvalue weighted by Crippen LogP contribution is 2.64. The highest BCUT2D eigenvalue weighted by atomic mass is 19.1. The highest BCUT2D eigenvalue weighted by Gasteiger charge is 2.58. The van der Waals surface area contributed by atoms with Crippen LogP contribution in [0.15, 0.2) is 109 Å². The Labute approximate surface area is 451 Å². The van der Waals surface area contributed by atoms with Crippen LogP contribution in [0.1, 0.15) is 141 Å². The minimum atomic E-state index is -1.08. The number of hydrogen-bond donors (Lipinski definition) is 1. The zero-order valence-electron chi connectivity index (χ0n) is 43.9. The summed E-state index contributed by atoms with van der Waals surface area (Å²) in [7, 11) is 0. The smallest absolute Gasteiger partial charge is 0.272 e. The van der Waals surface area contributed by atoms with Gasteiger partial charge >= 0.3 is 0 Å². The molecule has 16 nitrogen and oxygen atoms in total. The summed E-state index contributed by atoms with van der Waals surface area (Å²) < 4.78 is 36.7. The van der Waals surface area contributed by atoms with Crippen molar-refractivity contribution in [2.75, 3.05) is 19.6 Å². The molecule has 3 aromatic heterocycles. The monoisotopic (exact) mass is 1050 g/mol. The molecule has 4 aliphatic carbocycles. The van der Waals surface area contributed by atoms with Gasteiger partial charge < -0.3 is 34.0 Å². The summed E-state index contributed by atoms with van der Waals surface area (Å²) in [5, 5.41) is 23.7. The lowest BCUT2D eigenvalue weighted by Gasteiger charge is -2.40. The van der Waals surface area contributed by atoms with Gasteiger partial charge in [-0.15, -0.1) is 0 Å². The van der Waals surface area contributed by atoms with Crippen LogP contribution in [0.25, 0.3) is 0 Å². The molecule has 3 aromatic carbocycles. The number of ether oxygens (including phenoxy) is 3. The molecule has 4 saturated carbocycles. The first kappa shape index (κ1) is 53.4. The summed E-state index contributed by atoms with van der Waals surface area (Å²) in [6.45, 7) is 11.2. The summed E-state index contributed by atoms with van der Waals surface area (Å²) >= 11 is 0. The van der Waals surface area contributed by atoms with E-state index in [0.717, 1.165) is 79.0 Å². The van der Waals surface area contributed by atoms with E-state index in [9.17, 15) is 23.9 Å². The molecule has 0 bridgehead atoms. The Bertz CT molecular complexity index is 2890. The van der Waals surface area contributed by atoms with Crippen molar-refractivity contribution in [2.45, 2.75) is 161 Å². The van der Waals surface area contributed by atoms with E-state index in [-0.39, 0.29) is 37.2 Å². The first-order chi connectivity index (χ1) is 36.7. The molecule has 2 unspecified atom stereocenters. The van der Waals surface area contributed by atoms with Gasteiger partial charge in [0.15, 0.2) is 0 Å². The topological polar surface area (TPSA) is 162 Å². The predicted octanol–water partition coefficient (Wildman–Crippen LogP) is 9.55. The number of benzene rings is 3. The number of carbonyl (C=O) groups excluding carboxylic acids is 3. The quantitative estimate of drug-likeness (QED) is 0.125. The number of aliphatic hydroxyl groups is 1. The molecule has 3 aliphatic heterocycles. The van der Waals surface area contributed by atoms with Gasteiger partial charge in [-0.25, -0.2) is 4.39 Å². The van der Waals surface area contributed by atoms with Crippen molar-refractivity contribution in [1.82, 2.24) is 44.0 Å². The number of alkyl halides is 1. The van der Waals surface area contributed by atoms with E-state index in [1.807, 2.05) is 131 Å². The van der Waals surface area contributed by atoms with Crippen molar-refractivity contribution in [1.29, 1.82) is 0 Å². The van der Waals surface area contributed by atoms with Crippen LogP contribution >= 0.6 is 0 Å². The Morgan fingerprint density at radius 1 is 0.519 bits per heavy atom. The average molecular weight is 1050 g/mol. The van der Waals surface area contributed by atoms with Crippen LogP contribution in [0.5, 0.6) is 17.2 Å². The summed E-state index contributed by atoms with van der Waals surface area (Å²) in [6, 6.07) is 35.1. The lowest BCUT2D eigenvalue weighted by Crippen LogP contribution is -2.49. The number of rotatable bonds is 12. The Hall–Kier alpha value is -7.01. The molecular weight excluding hydrogens is 978 g/mol. The third-order valence-corrected chi connectivity index (χ3v) is 16.8. The van der Waals surface area contributed by atoms with E-state index < -0.39 is 11.3 Å². The molecule has 77 heavy (non-hydrogen) atoms. The zero-order chi connectivity index (χ0) is 52.6. The van der Waals surface area contributed by atoms with Gasteiger partial charge in [-0.2, -0.15) is 15.3 Å². The van der Waals surface area contributed by atoms with E-state index in [2.05, 4.69) is 27.1 Å². The van der Waals surface area contributed by atoms with Crippen molar-refractivity contribution < 1.29 is 38.1 Å². The number of carbonyl (C=O) groups is 3. The number of halogens is 1. The Morgan fingerprint density at radius 2 is 0.896 bits per heavy atom. The SMILES string of the molecule is C.CC1(F)CCC(N2CCn3nc(COc4ccccc4)cc3C2=O)CC1.C[C@@]1(O)CCC(N2CCn3nc(COc4ccccc4)cc3C2=O)C1.C[C@@]12CC(N3CCn4nc(COc5ccccc5)cc4C3=O)C[C@@H]1C2. The molecule has 0 radical (unpaired) electrons. The minimum absolute atomic E-state index is 0. The molecule has 6 heterocycles. The standard InChI is InChI=1S/C20H24FN3O2.C20H23N3O2.C19H23N3O3.CH4/c1-20(21)9-7-16(8-10-20)23-11-12-24-18(19(23)25)13-15(22-24)14-26-17-5-3-2-4-6-17;1-20-11-14(20)9-16(12-20)22-7-8-23-18(19(22)24)10-15(21-23)13-25-17-5-3-2-4-6-17;1-19(24)8-7-15(12-19)21-9-10-22-17(18(21)23)11-14(20-22)13-25-16-5-3-2-4-6-16;/h2-6,13,16H,7-12,14H2,1H3;2-6,10,14,16H,7-9,11-13H2,1H3;2-6,11,15,24H,7-10,12-13H2,1H3;1H4/t;14-,16?,20-;15?,19-;/m.11./s1. The van der Waals surface area contributed by atoms with E-state index in [1.54, 1.807) is 16.3 Å². The third-order valence-electron chi connectivity index (χ3n) is 16.8. The molecule has 0 spiro atoms. The predicted molar refractivity (Wildman–Crippen MR) is 288 cm³/mol. The normalized spacial score (nSPS) is 26.9. The minimum Gasteiger partial charge on any atom is -0.487 e. The number of hydrogen-bond acceptors (Lipinski definition) is 10. The highest BCUT2D eigenvalue weighted by molar-refractivity contribution is 5.94. The van der Waals surface area contributed by atoms with Gasteiger partial charge in [-0.1, -0.05) is 68.9 Å². The molecule has 5 atom stereocenters. The van der Waals surface area contributed by atoms with E-state index in [4.69, 9.17) is 14.2 Å². The molecule has 6 aromatic rings. The van der Waals surface area contributed by atoms with Crippen LogP contribution < -0.4 is 14.2 Å².